The predicted octanol–water partition coefficient (Wildman–Crippen LogP) is 1.56. The molecular weight excluding hydrogens is 264 g/mol. The van der Waals surface area contributed by atoms with Crippen molar-refractivity contribution in [2.24, 2.45) is 0 Å². The summed E-state index contributed by atoms with van der Waals surface area (Å²) in [5.41, 5.74) is 0.793. The maximum Gasteiger partial charge on any atom is 0.240 e. The molecule has 0 fully saturated rings. The van der Waals surface area contributed by atoms with Crippen molar-refractivity contribution in [1.29, 1.82) is 0 Å². The number of nitrogens with one attached hydrogen (secondary N) is 2. The fourth-order valence-corrected chi connectivity index (χ4v) is 2.59. The summed E-state index contributed by atoms with van der Waals surface area (Å²) in [7, 11) is -3.40. The van der Waals surface area contributed by atoms with Crippen LogP contribution in [-0.2, 0) is 10.0 Å². The average Bonchev–Trinajstić information content (AvgIpc) is 2.43. The van der Waals surface area contributed by atoms with Crippen LogP contribution >= 0.6 is 0 Å². The molecule has 0 saturated carbocycles. The molecule has 1 aromatic carbocycles. The lowest BCUT2D eigenvalue weighted by atomic mass is 10.2. The number of sulfonamides is 1. The van der Waals surface area contributed by atoms with Gasteiger partial charge in [0.15, 0.2) is 0 Å². The van der Waals surface area contributed by atoms with E-state index in [0.717, 1.165) is 12.1 Å². The first-order chi connectivity index (χ1) is 8.99. The van der Waals surface area contributed by atoms with Gasteiger partial charge < -0.3 is 10.4 Å². The zero-order valence-corrected chi connectivity index (χ0v) is 12.2. The average molecular weight is 286 g/mol. The normalized spacial score (nSPS) is 13.2. The van der Waals surface area contributed by atoms with Crippen molar-refractivity contribution in [2.75, 3.05) is 18.4 Å². The highest BCUT2D eigenvalue weighted by Crippen LogP contribution is 2.14. The molecule has 1 atom stereocenters. The maximum atomic E-state index is 11.8. The highest BCUT2D eigenvalue weighted by Gasteiger charge is 2.12. The summed E-state index contributed by atoms with van der Waals surface area (Å²) >= 11 is 0. The molecule has 1 rings (SSSR count). The van der Waals surface area contributed by atoms with E-state index in [2.05, 4.69) is 10.0 Å². The molecule has 0 heterocycles. The van der Waals surface area contributed by atoms with Crippen LogP contribution in [-0.4, -0.2) is 32.7 Å². The zero-order chi connectivity index (χ0) is 14.3. The third-order valence-corrected chi connectivity index (χ3v) is 4.20. The van der Waals surface area contributed by atoms with E-state index in [-0.39, 0.29) is 4.90 Å². The number of anilines is 1. The Labute approximate surface area is 115 Å². The third kappa shape index (κ3) is 5.18. The topological polar surface area (TPSA) is 78.4 Å². The monoisotopic (exact) mass is 286 g/mol. The summed E-state index contributed by atoms with van der Waals surface area (Å²) in [5.74, 6) is 0. The van der Waals surface area contributed by atoms with Crippen LogP contribution in [0.1, 0.15) is 26.7 Å². The number of aliphatic hydroxyl groups is 1. The molecule has 19 heavy (non-hydrogen) atoms. The van der Waals surface area contributed by atoms with Gasteiger partial charge in [-0.15, -0.1) is 0 Å². The number of hydrogen-bond donors (Lipinski definition) is 3. The molecule has 0 saturated heterocycles. The fraction of sp³-hybridized carbons (Fsp3) is 0.538. The van der Waals surface area contributed by atoms with Crippen LogP contribution in [0.2, 0.25) is 0 Å². The van der Waals surface area contributed by atoms with Gasteiger partial charge in [0, 0.05) is 18.8 Å². The van der Waals surface area contributed by atoms with E-state index in [9.17, 15) is 13.5 Å². The molecule has 0 radical (unpaired) electrons. The molecule has 0 aromatic heterocycles. The van der Waals surface area contributed by atoms with Gasteiger partial charge in [-0.1, -0.05) is 13.8 Å². The van der Waals surface area contributed by atoms with Crippen molar-refractivity contribution in [2.45, 2.75) is 37.7 Å². The molecule has 0 amide bonds. The van der Waals surface area contributed by atoms with Gasteiger partial charge in [-0.05, 0) is 37.1 Å². The first-order valence-electron chi connectivity index (χ1n) is 6.51. The number of hydrogen-bond acceptors (Lipinski definition) is 4. The minimum Gasteiger partial charge on any atom is -0.391 e. The van der Waals surface area contributed by atoms with Crippen molar-refractivity contribution in [3.05, 3.63) is 24.3 Å². The van der Waals surface area contributed by atoms with Crippen molar-refractivity contribution in [1.82, 2.24) is 4.72 Å². The maximum absolute atomic E-state index is 11.8. The molecule has 6 heteroatoms. The Morgan fingerprint density at radius 2 is 1.84 bits per heavy atom. The minimum atomic E-state index is -3.40. The second-order valence-corrected chi connectivity index (χ2v) is 6.13. The third-order valence-electron chi connectivity index (χ3n) is 2.72. The van der Waals surface area contributed by atoms with E-state index in [0.29, 0.717) is 19.5 Å². The summed E-state index contributed by atoms with van der Waals surface area (Å²) in [6, 6.07) is 6.50. The minimum absolute atomic E-state index is 0.252. The van der Waals surface area contributed by atoms with E-state index >= 15 is 0 Å². The second-order valence-electron chi connectivity index (χ2n) is 4.37. The van der Waals surface area contributed by atoms with Gasteiger partial charge in [0.1, 0.15) is 0 Å². The highest BCUT2D eigenvalue weighted by molar-refractivity contribution is 7.89. The van der Waals surface area contributed by atoms with Crippen molar-refractivity contribution in [3.8, 4) is 0 Å². The molecule has 0 spiro atoms. The number of benzene rings is 1. The largest absolute Gasteiger partial charge is 0.391 e. The van der Waals surface area contributed by atoms with Crippen LogP contribution in [0, 0.1) is 0 Å². The number of rotatable bonds is 8. The van der Waals surface area contributed by atoms with Crippen LogP contribution in [0.25, 0.3) is 0 Å². The van der Waals surface area contributed by atoms with E-state index in [1.54, 1.807) is 24.3 Å². The molecule has 0 aliphatic carbocycles. The molecule has 1 unspecified atom stereocenters. The van der Waals surface area contributed by atoms with E-state index < -0.39 is 16.1 Å². The molecule has 0 aliphatic rings. The van der Waals surface area contributed by atoms with Gasteiger partial charge in [-0.25, -0.2) is 13.1 Å². The van der Waals surface area contributed by atoms with Gasteiger partial charge in [0.25, 0.3) is 0 Å². The molecule has 0 bridgehead atoms. The van der Waals surface area contributed by atoms with Gasteiger partial charge in [-0.3, -0.25) is 0 Å². The lowest BCUT2D eigenvalue weighted by Crippen LogP contribution is -2.24. The predicted molar refractivity (Wildman–Crippen MR) is 76.7 cm³/mol. The summed E-state index contributed by atoms with van der Waals surface area (Å²) in [5, 5.41) is 12.5. The Morgan fingerprint density at radius 3 is 2.37 bits per heavy atom. The Morgan fingerprint density at radius 1 is 1.21 bits per heavy atom. The van der Waals surface area contributed by atoms with Gasteiger partial charge in [0.05, 0.1) is 11.0 Å². The first-order valence-corrected chi connectivity index (χ1v) is 7.99. The SMILES string of the molecule is CCCNS(=O)(=O)c1ccc(NCC(O)CC)cc1. The van der Waals surface area contributed by atoms with Crippen LogP contribution in [0.5, 0.6) is 0 Å². The zero-order valence-electron chi connectivity index (χ0n) is 11.4. The van der Waals surface area contributed by atoms with Crippen LogP contribution in [0.4, 0.5) is 5.69 Å². The molecule has 5 nitrogen and oxygen atoms in total. The molecule has 1 aromatic rings. The lowest BCUT2D eigenvalue weighted by Gasteiger charge is -2.11. The van der Waals surface area contributed by atoms with Crippen LogP contribution in [0.15, 0.2) is 29.2 Å². The van der Waals surface area contributed by atoms with Gasteiger partial charge in [-0.2, -0.15) is 0 Å². The van der Waals surface area contributed by atoms with Gasteiger partial charge >= 0.3 is 0 Å². The van der Waals surface area contributed by atoms with Crippen molar-refractivity contribution < 1.29 is 13.5 Å². The lowest BCUT2D eigenvalue weighted by molar-refractivity contribution is 0.183. The van der Waals surface area contributed by atoms with Gasteiger partial charge in [0.2, 0.25) is 10.0 Å². The smallest absolute Gasteiger partial charge is 0.240 e. The summed E-state index contributed by atoms with van der Waals surface area (Å²) in [4.78, 5) is 0.252. The molecule has 0 aliphatic heterocycles. The quantitative estimate of drug-likeness (QED) is 0.677. The Hall–Kier alpha value is -1.11. The van der Waals surface area contributed by atoms with E-state index in [1.807, 2.05) is 13.8 Å². The van der Waals surface area contributed by atoms with E-state index in [4.69, 9.17) is 0 Å². The van der Waals surface area contributed by atoms with Crippen molar-refractivity contribution >= 4 is 15.7 Å². The summed E-state index contributed by atoms with van der Waals surface area (Å²) in [6.45, 7) is 4.71. The molecule has 3 N–H and O–H groups in total. The summed E-state index contributed by atoms with van der Waals surface area (Å²) in [6.07, 6.45) is 1.04. The standard InChI is InChI=1S/C13H22N2O3S/c1-3-9-15-19(17,18)13-7-5-11(6-8-13)14-10-12(16)4-2/h5-8,12,14-16H,3-4,9-10H2,1-2H3. The van der Waals surface area contributed by atoms with Crippen molar-refractivity contribution in [3.63, 3.8) is 0 Å². The molecular formula is C13H22N2O3S. The Balaban J connectivity index is 2.65. The molecule has 108 valence electrons. The Bertz CT molecular complexity index is 471. The Kier molecular flexibility index (Phi) is 6.27. The van der Waals surface area contributed by atoms with Crippen LogP contribution in [0.3, 0.4) is 0 Å². The van der Waals surface area contributed by atoms with Crippen LogP contribution < -0.4 is 10.0 Å². The second kappa shape index (κ2) is 7.47. The first kappa shape index (κ1) is 15.9. The highest BCUT2D eigenvalue weighted by atomic mass is 32.2. The number of aliphatic hydroxyl groups excluding tert-OH is 1. The van der Waals surface area contributed by atoms with E-state index in [1.165, 1.54) is 0 Å². The summed E-state index contributed by atoms with van der Waals surface area (Å²) < 4.78 is 26.2. The fourth-order valence-electron chi connectivity index (χ4n) is 1.45.